The Balaban J connectivity index is 1.59. The zero-order valence-corrected chi connectivity index (χ0v) is 18.1. The number of fused-ring (bicyclic) bond motifs is 1. The molecule has 166 valence electrons. The minimum Gasteiger partial charge on any atom is -0.497 e. The maximum absolute atomic E-state index is 12.8. The highest BCUT2D eigenvalue weighted by molar-refractivity contribution is 5.94. The van der Waals surface area contributed by atoms with Gasteiger partial charge in [0.2, 0.25) is 0 Å². The van der Waals surface area contributed by atoms with E-state index in [0.29, 0.717) is 39.2 Å². The quantitative estimate of drug-likeness (QED) is 0.424. The Bertz CT molecular complexity index is 1430. The van der Waals surface area contributed by atoms with Crippen molar-refractivity contribution < 1.29 is 14.3 Å². The van der Waals surface area contributed by atoms with Crippen molar-refractivity contribution in [1.29, 1.82) is 0 Å². The molecule has 33 heavy (non-hydrogen) atoms. The molecule has 2 N–H and O–H groups in total. The Morgan fingerprint density at radius 2 is 1.94 bits per heavy atom. The Labute approximate surface area is 189 Å². The van der Waals surface area contributed by atoms with Gasteiger partial charge >= 0.3 is 0 Å². The Kier molecular flexibility index (Phi) is 6.09. The first-order valence-corrected chi connectivity index (χ1v) is 10.0. The van der Waals surface area contributed by atoms with Crippen LogP contribution in [0.5, 0.6) is 11.5 Å². The van der Waals surface area contributed by atoms with E-state index in [0.717, 1.165) is 0 Å². The molecule has 0 unspecified atom stereocenters. The SMILES string of the molecule is C#CCn1nc(CNC(=O)c2cc(-c3cc(OC)ccc3OC)n[nH]2)c2ccccc2c1=O. The van der Waals surface area contributed by atoms with Crippen LogP contribution in [-0.2, 0) is 13.1 Å². The first-order valence-electron chi connectivity index (χ1n) is 10.0. The van der Waals surface area contributed by atoms with E-state index in [4.69, 9.17) is 15.9 Å². The molecule has 4 aromatic rings. The van der Waals surface area contributed by atoms with Gasteiger partial charge in [-0.15, -0.1) is 6.42 Å². The number of nitrogens with one attached hydrogen (secondary N) is 2. The minimum absolute atomic E-state index is 0.0386. The number of aromatic amines is 1. The zero-order chi connectivity index (χ0) is 23.4. The standard InChI is InChI=1S/C24H21N5O4/c1-4-11-29-24(31)17-8-6-5-7-16(17)21(28-29)14-25-23(30)20-13-19(26-27-20)18-12-15(32-2)9-10-22(18)33-3/h1,5-10,12-13H,11,14H2,2-3H3,(H,25,30)(H,26,27). The molecule has 2 aromatic carbocycles. The molecular formula is C24H21N5O4. The summed E-state index contributed by atoms with van der Waals surface area (Å²) in [4.78, 5) is 25.3. The van der Waals surface area contributed by atoms with E-state index in [9.17, 15) is 9.59 Å². The maximum Gasteiger partial charge on any atom is 0.275 e. The number of hydrogen-bond acceptors (Lipinski definition) is 6. The van der Waals surface area contributed by atoms with Crippen LogP contribution in [0.25, 0.3) is 22.0 Å². The Morgan fingerprint density at radius 1 is 1.15 bits per heavy atom. The van der Waals surface area contributed by atoms with Crippen molar-refractivity contribution >= 4 is 16.7 Å². The summed E-state index contributed by atoms with van der Waals surface area (Å²) in [6.45, 7) is 0.137. The zero-order valence-electron chi connectivity index (χ0n) is 18.1. The molecule has 9 heteroatoms. The van der Waals surface area contributed by atoms with Crippen molar-refractivity contribution in [2.24, 2.45) is 0 Å². The lowest BCUT2D eigenvalue weighted by molar-refractivity contribution is 0.0945. The first kappa shape index (κ1) is 21.6. The second-order valence-corrected chi connectivity index (χ2v) is 7.07. The van der Waals surface area contributed by atoms with Crippen LogP contribution in [0.1, 0.15) is 16.2 Å². The minimum atomic E-state index is -0.379. The lowest BCUT2D eigenvalue weighted by Gasteiger charge is -2.10. The molecule has 0 aliphatic carbocycles. The van der Waals surface area contributed by atoms with Crippen molar-refractivity contribution in [3.8, 4) is 35.1 Å². The van der Waals surface area contributed by atoms with E-state index in [1.165, 1.54) is 4.68 Å². The van der Waals surface area contributed by atoms with Crippen molar-refractivity contribution in [2.45, 2.75) is 13.1 Å². The third kappa shape index (κ3) is 4.27. The van der Waals surface area contributed by atoms with Gasteiger partial charge in [-0.2, -0.15) is 10.2 Å². The maximum atomic E-state index is 12.8. The molecule has 0 fully saturated rings. The van der Waals surface area contributed by atoms with Crippen LogP contribution in [0.3, 0.4) is 0 Å². The average molecular weight is 443 g/mol. The summed E-state index contributed by atoms with van der Waals surface area (Å²) in [7, 11) is 3.13. The number of H-pyrrole nitrogens is 1. The van der Waals surface area contributed by atoms with Crippen LogP contribution in [0.4, 0.5) is 0 Å². The van der Waals surface area contributed by atoms with Gasteiger partial charge < -0.3 is 14.8 Å². The molecule has 0 radical (unpaired) electrons. The number of nitrogens with zero attached hydrogens (tertiary/aromatic N) is 3. The van der Waals surface area contributed by atoms with Crippen LogP contribution in [-0.4, -0.2) is 40.1 Å². The molecule has 9 nitrogen and oxygen atoms in total. The summed E-state index contributed by atoms with van der Waals surface area (Å²) < 4.78 is 11.9. The highest BCUT2D eigenvalue weighted by Gasteiger charge is 2.16. The highest BCUT2D eigenvalue weighted by Crippen LogP contribution is 2.32. The van der Waals surface area contributed by atoms with Gasteiger partial charge in [-0.05, 0) is 30.3 Å². The van der Waals surface area contributed by atoms with Gasteiger partial charge in [0.25, 0.3) is 11.5 Å². The van der Waals surface area contributed by atoms with Crippen LogP contribution in [0.2, 0.25) is 0 Å². The van der Waals surface area contributed by atoms with Gasteiger partial charge in [0, 0.05) is 10.9 Å². The molecule has 0 saturated carbocycles. The molecule has 0 saturated heterocycles. The third-order valence-corrected chi connectivity index (χ3v) is 5.11. The normalized spacial score (nSPS) is 10.6. The van der Waals surface area contributed by atoms with E-state index in [-0.39, 0.29) is 30.2 Å². The molecule has 0 spiro atoms. The third-order valence-electron chi connectivity index (χ3n) is 5.11. The lowest BCUT2D eigenvalue weighted by atomic mass is 10.1. The second kappa shape index (κ2) is 9.28. The van der Waals surface area contributed by atoms with Crippen LogP contribution >= 0.6 is 0 Å². The molecule has 0 aliphatic rings. The monoisotopic (exact) mass is 443 g/mol. The predicted octanol–water partition coefficient (Wildman–Crippen LogP) is 2.37. The van der Waals surface area contributed by atoms with Gasteiger partial charge in [0.1, 0.15) is 23.7 Å². The molecule has 0 aliphatic heterocycles. The highest BCUT2D eigenvalue weighted by atomic mass is 16.5. The van der Waals surface area contributed by atoms with E-state index in [1.54, 1.807) is 56.7 Å². The molecule has 4 rings (SSSR count). The Morgan fingerprint density at radius 3 is 2.67 bits per heavy atom. The number of rotatable bonds is 7. The van der Waals surface area contributed by atoms with Crippen molar-refractivity contribution in [3.05, 3.63) is 70.3 Å². The second-order valence-electron chi connectivity index (χ2n) is 7.07. The molecule has 2 aromatic heterocycles. The molecular weight excluding hydrogens is 422 g/mol. The number of ether oxygens (including phenoxy) is 2. The average Bonchev–Trinajstić information content (AvgIpc) is 3.35. The topological polar surface area (TPSA) is 111 Å². The fraction of sp³-hybridized carbons (Fsp3) is 0.167. The van der Waals surface area contributed by atoms with Crippen molar-refractivity contribution in [2.75, 3.05) is 14.2 Å². The smallest absolute Gasteiger partial charge is 0.275 e. The van der Waals surface area contributed by atoms with Crippen molar-refractivity contribution in [1.82, 2.24) is 25.3 Å². The molecule has 0 atom stereocenters. The predicted molar refractivity (Wildman–Crippen MR) is 123 cm³/mol. The summed E-state index contributed by atoms with van der Waals surface area (Å²) >= 11 is 0. The number of aromatic nitrogens is 4. The van der Waals surface area contributed by atoms with Crippen molar-refractivity contribution in [3.63, 3.8) is 0 Å². The van der Waals surface area contributed by atoms with Gasteiger partial charge in [-0.3, -0.25) is 14.7 Å². The van der Waals surface area contributed by atoms with Gasteiger partial charge in [-0.25, -0.2) is 4.68 Å². The van der Waals surface area contributed by atoms with Gasteiger partial charge in [-0.1, -0.05) is 24.1 Å². The summed E-state index contributed by atoms with van der Waals surface area (Å²) in [6, 6.07) is 14.0. The Hall–Kier alpha value is -4.58. The summed E-state index contributed by atoms with van der Waals surface area (Å²) in [6.07, 6.45) is 5.36. The summed E-state index contributed by atoms with van der Waals surface area (Å²) in [5.41, 5.74) is 1.73. The number of carbonyl (C=O) groups is 1. The van der Waals surface area contributed by atoms with E-state index >= 15 is 0 Å². The number of terminal acetylenes is 1. The summed E-state index contributed by atoms with van der Waals surface area (Å²) in [5.74, 6) is 3.28. The molecule has 0 bridgehead atoms. The van der Waals surface area contributed by atoms with Crippen LogP contribution in [0.15, 0.2) is 53.3 Å². The summed E-state index contributed by atoms with van der Waals surface area (Å²) in [5, 5.41) is 15.3. The van der Waals surface area contributed by atoms with Crippen LogP contribution in [0, 0.1) is 12.3 Å². The lowest BCUT2D eigenvalue weighted by Crippen LogP contribution is -2.28. The first-order chi connectivity index (χ1) is 16.0. The number of hydrogen-bond donors (Lipinski definition) is 2. The molecule has 1 amide bonds. The van der Waals surface area contributed by atoms with Crippen LogP contribution < -0.4 is 20.3 Å². The van der Waals surface area contributed by atoms with E-state index in [2.05, 4.69) is 26.5 Å². The fourth-order valence-electron chi connectivity index (χ4n) is 3.48. The van der Waals surface area contributed by atoms with Gasteiger partial charge in [0.15, 0.2) is 0 Å². The van der Waals surface area contributed by atoms with Gasteiger partial charge in [0.05, 0.1) is 37.5 Å². The largest absolute Gasteiger partial charge is 0.497 e. The van der Waals surface area contributed by atoms with E-state index < -0.39 is 0 Å². The van der Waals surface area contributed by atoms with E-state index in [1.807, 2.05) is 6.07 Å². The number of amides is 1. The number of methoxy groups -OCH3 is 2. The number of carbonyl (C=O) groups excluding carboxylic acids is 1. The molecule has 2 heterocycles. The fourth-order valence-corrected chi connectivity index (χ4v) is 3.48. The number of benzene rings is 2.